The van der Waals surface area contributed by atoms with E-state index < -0.39 is 11.9 Å². The Kier molecular flexibility index (Phi) is 4.08. The zero-order valence-corrected chi connectivity index (χ0v) is 11.4. The highest BCUT2D eigenvalue weighted by Gasteiger charge is 2.11. The molecule has 0 spiro atoms. The average molecular weight is 281 g/mol. The molecule has 0 aliphatic heterocycles. The van der Waals surface area contributed by atoms with E-state index in [2.05, 4.69) is 0 Å². The van der Waals surface area contributed by atoms with Crippen molar-refractivity contribution >= 4 is 11.6 Å². The lowest BCUT2D eigenvalue weighted by Gasteiger charge is -2.13. The predicted octanol–water partition coefficient (Wildman–Crippen LogP) is 4.63. The zero-order valence-electron chi connectivity index (χ0n) is 10.7. The van der Waals surface area contributed by atoms with Gasteiger partial charge in [-0.3, -0.25) is 0 Å². The minimum absolute atomic E-state index is 0.407. The fourth-order valence-corrected chi connectivity index (χ4v) is 1.86. The van der Waals surface area contributed by atoms with Crippen molar-refractivity contribution in [1.29, 1.82) is 0 Å². The first-order chi connectivity index (χ1) is 8.97. The van der Waals surface area contributed by atoms with E-state index in [0.717, 1.165) is 5.56 Å². The van der Waals surface area contributed by atoms with Crippen LogP contribution in [0, 0.1) is 12.7 Å². The summed E-state index contributed by atoms with van der Waals surface area (Å²) in [6.07, 6.45) is -0.806. The van der Waals surface area contributed by atoms with Crippen LogP contribution in [-0.4, -0.2) is 5.11 Å². The monoisotopic (exact) mass is 280 g/mol. The van der Waals surface area contributed by atoms with Crippen LogP contribution in [0.3, 0.4) is 0 Å². The summed E-state index contributed by atoms with van der Waals surface area (Å²) in [5, 5.41) is 10.3. The van der Waals surface area contributed by atoms with Gasteiger partial charge in [0.15, 0.2) is 0 Å². The van der Waals surface area contributed by atoms with Gasteiger partial charge in [-0.2, -0.15) is 0 Å². The molecule has 0 aromatic heterocycles. The quantitative estimate of drug-likeness (QED) is 0.888. The molecule has 0 fully saturated rings. The number of ether oxygens (including phenoxy) is 1. The van der Waals surface area contributed by atoms with Crippen molar-refractivity contribution in [1.82, 2.24) is 0 Å². The summed E-state index contributed by atoms with van der Waals surface area (Å²) in [7, 11) is 0. The van der Waals surface area contributed by atoms with Crippen LogP contribution in [0.15, 0.2) is 36.4 Å². The molecule has 0 heterocycles. The molecule has 0 unspecified atom stereocenters. The maximum Gasteiger partial charge on any atom is 0.133 e. The molecule has 1 atom stereocenters. The lowest BCUT2D eigenvalue weighted by atomic mass is 10.1. The van der Waals surface area contributed by atoms with Gasteiger partial charge < -0.3 is 9.84 Å². The van der Waals surface area contributed by atoms with Gasteiger partial charge in [0.1, 0.15) is 17.3 Å². The number of aryl methyl sites for hydroxylation is 1. The van der Waals surface area contributed by atoms with Crippen LogP contribution >= 0.6 is 11.6 Å². The van der Waals surface area contributed by atoms with Crippen molar-refractivity contribution in [2.24, 2.45) is 0 Å². The lowest BCUT2D eigenvalue weighted by Crippen LogP contribution is -1.97. The van der Waals surface area contributed by atoms with E-state index in [1.807, 2.05) is 6.92 Å². The van der Waals surface area contributed by atoms with Crippen molar-refractivity contribution in [2.75, 3.05) is 0 Å². The molecular formula is C15H14ClFO2. The fraction of sp³-hybridized carbons (Fsp3) is 0.200. The Hall–Kier alpha value is -1.58. The number of hydrogen-bond donors (Lipinski definition) is 1. The first-order valence-electron chi connectivity index (χ1n) is 5.89. The van der Waals surface area contributed by atoms with Gasteiger partial charge in [-0.1, -0.05) is 11.6 Å². The summed E-state index contributed by atoms with van der Waals surface area (Å²) in [6.45, 7) is 3.43. The van der Waals surface area contributed by atoms with E-state index >= 15 is 0 Å². The second kappa shape index (κ2) is 5.59. The Bertz CT molecular complexity index is 597. The Morgan fingerprint density at radius 3 is 2.58 bits per heavy atom. The summed E-state index contributed by atoms with van der Waals surface area (Å²) in [5.74, 6) is 0.615. The molecule has 0 aliphatic rings. The smallest absolute Gasteiger partial charge is 0.133 e. The van der Waals surface area contributed by atoms with Crippen LogP contribution in [0.4, 0.5) is 4.39 Å². The number of halogens is 2. The second-order valence-corrected chi connectivity index (χ2v) is 4.78. The highest BCUT2D eigenvalue weighted by atomic mass is 35.5. The number of benzene rings is 2. The highest BCUT2D eigenvalue weighted by molar-refractivity contribution is 6.31. The molecule has 19 heavy (non-hydrogen) atoms. The van der Waals surface area contributed by atoms with E-state index in [4.69, 9.17) is 16.3 Å². The lowest BCUT2D eigenvalue weighted by molar-refractivity contribution is 0.195. The molecule has 0 saturated heterocycles. The molecule has 0 amide bonds. The standard InChI is InChI=1S/C15H14ClFO2/c1-9-7-12(4-5-14(9)16)19-15-6-3-11(17)8-13(15)10(2)18/h3-8,10,18H,1-2H3/t10-/m1/s1. The molecule has 0 radical (unpaired) electrons. The summed E-state index contributed by atoms with van der Waals surface area (Å²) in [6, 6.07) is 9.31. The van der Waals surface area contributed by atoms with Crippen LogP contribution in [0.25, 0.3) is 0 Å². The molecule has 4 heteroatoms. The van der Waals surface area contributed by atoms with Gasteiger partial charge in [0.25, 0.3) is 0 Å². The normalized spacial score (nSPS) is 12.3. The SMILES string of the molecule is Cc1cc(Oc2ccc(F)cc2[C@@H](C)O)ccc1Cl. The Labute approximate surface area is 116 Å². The van der Waals surface area contributed by atoms with Gasteiger partial charge in [-0.05, 0) is 55.8 Å². The molecule has 0 saturated carbocycles. The van der Waals surface area contributed by atoms with Gasteiger partial charge in [0.2, 0.25) is 0 Å². The maximum atomic E-state index is 13.2. The predicted molar refractivity (Wildman–Crippen MR) is 73.3 cm³/mol. The highest BCUT2D eigenvalue weighted by Crippen LogP contribution is 2.31. The molecule has 100 valence electrons. The van der Waals surface area contributed by atoms with Crippen molar-refractivity contribution < 1.29 is 14.2 Å². The molecule has 2 nitrogen and oxygen atoms in total. The largest absolute Gasteiger partial charge is 0.457 e. The topological polar surface area (TPSA) is 29.5 Å². The van der Waals surface area contributed by atoms with E-state index in [1.165, 1.54) is 18.2 Å². The summed E-state index contributed by atoms with van der Waals surface area (Å²) in [4.78, 5) is 0. The molecule has 2 aromatic carbocycles. The molecule has 2 rings (SSSR count). The van der Waals surface area contributed by atoms with Crippen LogP contribution in [-0.2, 0) is 0 Å². The molecule has 0 bridgehead atoms. The van der Waals surface area contributed by atoms with Crippen molar-refractivity contribution in [3.8, 4) is 11.5 Å². The Morgan fingerprint density at radius 1 is 1.21 bits per heavy atom. The third-order valence-corrected chi connectivity index (χ3v) is 3.20. The van der Waals surface area contributed by atoms with E-state index in [1.54, 1.807) is 25.1 Å². The minimum Gasteiger partial charge on any atom is -0.457 e. The summed E-state index contributed by atoms with van der Waals surface area (Å²) >= 11 is 5.94. The van der Waals surface area contributed by atoms with Gasteiger partial charge in [0.05, 0.1) is 6.10 Å². The van der Waals surface area contributed by atoms with Crippen molar-refractivity contribution in [2.45, 2.75) is 20.0 Å². The van der Waals surface area contributed by atoms with E-state index in [0.29, 0.717) is 22.1 Å². The molecule has 0 aliphatic carbocycles. The van der Waals surface area contributed by atoms with Crippen LogP contribution in [0.5, 0.6) is 11.5 Å². The number of rotatable bonds is 3. The van der Waals surface area contributed by atoms with Crippen LogP contribution in [0.1, 0.15) is 24.2 Å². The third kappa shape index (κ3) is 3.25. The van der Waals surface area contributed by atoms with Crippen LogP contribution in [0.2, 0.25) is 5.02 Å². The second-order valence-electron chi connectivity index (χ2n) is 4.37. The first kappa shape index (κ1) is 13.8. The van der Waals surface area contributed by atoms with Crippen LogP contribution < -0.4 is 4.74 Å². The average Bonchev–Trinajstić information content (AvgIpc) is 2.36. The summed E-state index contributed by atoms with van der Waals surface area (Å²) in [5.41, 5.74) is 1.30. The number of aliphatic hydroxyl groups excluding tert-OH is 1. The van der Waals surface area contributed by atoms with E-state index in [-0.39, 0.29) is 0 Å². The van der Waals surface area contributed by atoms with Crippen molar-refractivity contribution in [3.63, 3.8) is 0 Å². The Balaban J connectivity index is 2.35. The van der Waals surface area contributed by atoms with Gasteiger partial charge >= 0.3 is 0 Å². The zero-order chi connectivity index (χ0) is 14.0. The van der Waals surface area contributed by atoms with Crippen molar-refractivity contribution in [3.05, 3.63) is 58.4 Å². The molecular weight excluding hydrogens is 267 g/mol. The van der Waals surface area contributed by atoms with E-state index in [9.17, 15) is 9.50 Å². The van der Waals surface area contributed by atoms with Gasteiger partial charge in [-0.25, -0.2) is 4.39 Å². The minimum atomic E-state index is -0.806. The van der Waals surface area contributed by atoms with Gasteiger partial charge in [0, 0.05) is 10.6 Å². The maximum absolute atomic E-state index is 13.2. The number of aliphatic hydroxyl groups is 1. The first-order valence-corrected chi connectivity index (χ1v) is 6.26. The van der Waals surface area contributed by atoms with Gasteiger partial charge in [-0.15, -0.1) is 0 Å². The third-order valence-electron chi connectivity index (χ3n) is 2.78. The Morgan fingerprint density at radius 2 is 1.95 bits per heavy atom. The summed E-state index contributed by atoms with van der Waals surface area (Å²) < 4.78 is 18.9. The number of hydrogen-bond acceptors (Lipinski definition) is 2. The molecule has 2 aromatic rings. The fourth-order valence-electron chi connectivity index (χ4n) is 1.75. The molecule has 1 N–H and O–H groups in total.